The zero-order chi connectivity index (χ0) is 18.4. The molecule has 0 heterocycles. The smallest absolute Gasteiger partial charge is 0.291 e. The minimum absolute atomic E-state index is 0.0299. The van der Waals surface area contributed by atoms with Gasteiger partial charge in [0.2, 0.25) is 0 Å². The van der Waals surface area contributed by atoms with Crippen molar-refractivity contribution >= 4 is 27.4 Å². The molecule has 0 radical (unpaired) electrons. The average molecular weight is 364 g/mol. The summed E-state index contributed by atoms with van der Waals surface area (Å²) in [6, 6.07) is 12.2. The number of nitrogens with one attached hydrogen (secondary N) is 2. The maximum absolute atomic E-state index is 12.5. The van der Waals surface area contributed by atoms with Crippen molar-refractivity contribution in [2.75, 3.05) is 12.0 Å². The first-order valence-electron chi connectivity index (χ1n) is 7.25. The van der Waals surface area contributed by atoms with Gasteiger partial charge in [0.15, 0.2) is 0 Å². The first-order chi connectivity index (χ1) is 11.9. The second-order valence-electron chi connectivity index (χ2n) is 4.81. The monoisotopic (exact) mass is 364 g/mol. The van der Waals surface area contributed by atoms with Crippen LogP contribution in [0.1, 0.15) is 6.92 Å². The third-order valence-corrected chi connectivity index (χ3v) is 5.12. The molecule has 0 aliphatic rings. The third kappa shape index (κ3) is 4.04. The highest BCUT2D eigenvalue weighted by atomic mass is 32.2. The molecule has 2 aromatic carbocycles. The fourth-order valence-corrected chi connectivity index (χ4v) is 3.42. The molecule has 0 bridgehead atoms. The molecule has 25 heavy (non-hydrogen) atoms. The number of para-hydroxylation sites is 2. The number of carbonyl (C=O) groups is 1. The van der Waals surface area contributed by atoms with Crippen LogP contribution in [0.15, 0.2) is 59.5 Å². The molecule has 0 aromatic heterocycles. The first kappa shape index (κ1) is 18.2. The van der Waals surface area contributed by atoms with E-state index < -0.39 is 21.0 Å². The quantitative estimate of drug-likeness (QED) is 0.599. The van der Waals surface area contributed by atoms with E-state index in [-0.39, 0.29) is 22.8 Å². The SMILES string of the molecule is CCN(C(=O)NNc1ccccc1[N+](=O)[O-])S(=O)(=O)c1ccccc1. The molecule has 0 aliphatic carbocycles. The Morgan fingerprint density at radius 2 is 1.72 bits per heavy atom. The summed E-state index contributed by atoms with van der Waals surface area (Å²) in [6.45, 7) is 1.40. The Bertz CT molecular complexity index is 871. The number of sulfonamides is 1. The molecule has 0 saturated heterocycles. The van der Waals surface area contributed by atoms with Gasteiger partial charge in [0.1, 0.15) is 5.69 Å². The molecule has 2 rings (SSSR count). The second kappa shape index (κ2) is 7.62. The van der Waals surface area contributed by atoms with Crippen LogP contribution in [-0.2, 0) is 10.0 Å². The average Bonchev–Trinajstić information content (AvgIpc) is 2.61. The van der Waals surface area contributed by atoms with E-state index in [1.807, 2.05) is 0 Å². The minimum Gasteiger partial charge on any atom is -0.291 e. The number of anilines is 1. The lowest BCUT2D eigenvalue weighted by Crippen LogP contribution is -2.45. The van der Waals surface area contributed by atoms with Crippen LogP contribution in [-0.4, -0.2) is 30.2 Å². The lowest BCUT2D eigenvalue weighted by molar-refractivity contribution is -0.384. The van der Waals surface area contributed by atoms with Crippen LogP contribution in [0.3, 0.4) is 0 Å². The van der Waals surface area contributed by atoms with Gasteiger partial charge in [-0.05, 0) is 25.1 Å². The highest BCUT2D eigenvalue weighted by Gasteiger charge is 2.28. The van der Waals surface area contributed by atoms with Gasteiger partial charge in [-0.3, -0.25) is 21.0 Å². The molecule has 0 atom stereocenters. The summed E-state index contributed by atoms with van der Waals surface area (Å²) < 4.78 is 25.7. The molecule has 0 fully saturated rings. The maximum Gasteiger partial charge on any atom is 0.349 e. The second-order valence-corrected chi connectivity index (χ2v) is 6.67. The summed E-state index contributed by atoms with van der Waals surface area (Å²) in [7, 11) is -4.03. The molecule has 2 aromatic rings. The van der Waals surface area contributed by atoms with Crippen LogP contribution in [0.4, 0.5) is 16.2 Å². The van der Waals surface area contributed by atoms with Crippen molar-refractivity contribution < 1.29 is 18.1 Å². The van der Waals surface area contributed by atoms with Crippen molar-refractivity contribution in [3.05, 3.63) is 64.7 Å². The molecular formula is C15H16N4O5S. The third-order valence-electron chi connectivity index (χ3n) is 3.25. The van der Waals surface area contributed by atoms with Gasteiger partial charge in [0.25, 0.3) is 15.7 Å². The van der Waals surface area contributed by atoms with Crippen LogP contribution >= 0.6 is 0 Å². The van der Waals surface area contributed by atoms with Gasteiger partial charge >= 0.3 is 6.03 Å². The molecule has 0 spiro atoms. The number of urea groups is 1. The van der Waals surface area contributed by atoms with Crippen molar-refractivity contribution in [2.24, 2.45) is 0 Å². The highest BCUT2D eigenvalue weighted by molar-refractivity contribution is 7.89. The van der Waals surface area contributed by atoms with E-state index in [4.69, 9.17) is 0 Å². The number of carbonyl (C=O) groups excluding carboxylic acids is 1. The molecule has 2 N–H and O–H groups in total. The Morgan fingerprint density at radius 1 is 1.12 bits per heavy atom. The van der Waals surface area contributed by atoms with Gasteiger partial charge in [-0.15, -0.1) is 0 Å². The molecule has 2 amide bonds. The van der Waals surface area contributed by atoms with E-state index in [9.17, 15) is 23.3 Å². The van der Waals surface area contributed by atoms with Crippen molar-refractivity contribution in [1.29, 1.82) is 0 Å². The predicted molar refractivity (Wildman–Crippen MR) is 91.3 cm³/mol. The summed E-state index contributed by atoms with van der Waals surface area (Å²) in [5.74, 6) is 0. The molecule has 9 nitrogen and oxygen atoms in total. The number of nitro groups is 1. The van der Waals surface area contributed by atoms with Gasteiger partial charge in [-0.2, -0.15) is 0 Å². The normalized spacial score (nSPS) is 10.8. The number of hydrazine groups is 1. The number of nitrogens with zero attached hydrogens (tertiary/aromatic N) is 2. The van der Waals surface area contributed by atoms with Gasteiger partial charge in [0, 0.05) is 12.6 Å². The van der Waals surface area contributed by atoms with E-state index in [0.29, 0.717) is 4.31 Å². The van der Waals surface area contributed by atoms with Crippen LogP contribution < -0.4 is 10.9 Å². The summed E-state index contributed by atoms with van der Waals surface area (Å²) in [5, 5.41) is 10.9. The largest absolute Gasteiger partial charge is 0.349 e. The van der Waals surface area contributed by atoms with Gasteiger partial charge in [-0.1, -0.05) is 30.3 Å². The maximum atomic E-state index is 12.5. The molecule has 0 aliphatic heterocycles. The zero-order valence-electron chi connectivity index (χ0n) is 13.2. The van der Waals surface area contributed by atoms with E-state index in [1.165, 1.54) is 37.3 Å². The Kier molecular flexibility index (Phi) is 5.55. The summed E-state index contributed by atoms with van der Waals surface area (Å²) in [6.07, 6.45) is 0. The minimum atomic E-state index is -4.03. The molecule has 10 heteroatoms. The Hall–Kier alpha value is -3.14. The zero-order valence-corrected chi connectivity index (χ0v) is 14.1. The van der Waals surface area contributed by atoms with Crippen LogP contribution in [0, 0.1) is 10.1 Å². The molecule has 0 saturated carbocycles. The van der Waals surface area contributed by atoms with Crippen molar-refractivity contribution in [3.8, 4) is 0 Å². The van der Waals surface area contributed by atoms with Crippen molar-refractivity contribution in [3.63, 3.8) is 0 Å². The van der Waals surface area contributed by atoms with Gasteiger partial charge in [-0.25, -0.2) is 17.5 Å². The molecule has 0 unspecified atom stereocenters. The summed E-state index contributed by atoms with van der Waals surface area (Å²) in [4.78, 5) is 22.6. The standard InChI is InChI=1S/C15H16N4O5S/c1-2-18(25(23,24)12-8-4-3-5-9-12)15(20)17-16-13-10-6-7-11-14(13)19(21)22/h3-11,16H,2H2,1H3,(H,17,20). The van der Waals surface area contributed by atoms with Crippen LogP contribution in [0.5, 0.6) is 0 Å². The Labute approximate surface area is 144 Å². The van der Waals surface area contributed by atoms with Crippen LogP contribution in [0.25, 0.3) is 0 Å². The van der Waals surface area contributed by atoms with E-state index in [2.05, 4.69) is 10.9 Å². The number of nitro benzene ring substituents is 1. The number of hydrogen-bond acceptors (Lipinski definition) is 6. The number of rotatable bonds is 6. The van der Waals surface area contributed by atoms with Crippen molar-refractivity contribution in [2.45, 2.75) is 11.8 Å². The number of amides is 2. The topological polar surface area (TPSA) is 122 Å². The highest BCUT2D eigenvalue weighted by Crippen LogP contribution is 2.22. The number of benzene rings is 2. The Balaban J connectivity index is 2.18. The molecule has 132 valence electrons. The van der Waals surface area contributed by atoms with E-state index >= 15 is 0 Å². The first-order valence-corrected chi connectivity index (χ1v) is 8.69. The van der Waals surface area contributed by atoms with E-state index in [0.717, 1.165) is 0 Å². The lowest BCUT2D eigenvalue weighted by Gasteiger charge is -2.21. The number of hydrogen-bond donors (Lipinski definition) is 2. The summed E-state index contributed by atoms with van der Waals surface area (Å²) in [5.41, 5.74) is 4.34. The van der Waals surface area contributed by atoms with E-state index in [1.54, 1.807) is 24.3 Å². The predicted octanol–water partition coefficient (Wildman–Crippen LogP) is 2.34. The molecular weight excluding hydrogens is 348 g/mol. The lowest BCUT2D eigenvalue weighted by atomic mass is 10.3. The van der Waals surface area contributed by atoms with Crippen molar-refractivity contribution in [1.82, 2.24) is 9.73 Å². The fraction of sp³-hybridized carbons (Fsp3) is 0.133. The van der Waals surface area contributed by atoms with Gasteiger partial charge in [0.05, 0.1) is 9.82 Å². The summed E-state index contributed by atoms with van der Waals surface area (Å²) >= 11 is 0. The fourth-order valence-electron chi connectivity index (χ4n) is 2.06. The van der Waals surface area contributed by atoms with Gasteiger partial charge < -0.3 is 0 Å². The Morgan fingerprint density at radius 3 is 2.32 bits per heavy atom. The van der Waals surface area contributed by atoms with Crippen LogP contribution in [0.2, 0.25) is 0 Å².